The van der Waals surface area contributed by atoms with Crippen LogP contribution in [0.3, 0.4) is 0 Å². The molecule has 6 nitrogen and oxygen atoms in total. The van der Waals surface area contributed by atoms with E-state index in [0.717, 1.165) is 0 Å². The van der Waals surface area contributed by atoms with E-state index in [4.69, 9.17) is 0 Å². The third-order valence-corrected chi connectivity index (χ3v) is 3.97. The SMILES string of the molecule is CCCC(C)(NC(=O)CCCNC(=O)c1ccsc1)C(=O)O. The summed E-state index contributed by atoms with van der Waals surface area (Å²) in [6, 6.07) is 1.73. The number of hydrogen-bond acceptors (Lipinski definition) is 4. The van der Waals surface area contributed by atoms with E-state index in [1.807, 2.05) is 12.3 Å². The molecule has 0 aliphatic carbocycles. The van der Waals surface area contributed by atoms with Crippen molar-refractivity contribution in [1.82, 2.24) is 10.6 Å². The number of rotatable bonds is 9. The van der Waals surface area contributed by atoms with E-state index in [1.165, 1.54) is 18.3 Å². The summed E-state index contributed by atoms with van der Waals surface area (Å²) in [6.45, 7) is 3.75. The van der Waals surface area contributed by atoms with Crippen molar-refractivity contribution in [2.75, 3.05) is 6.54 Å². The molecule has 0 fully saturated rings. The van der Waals surface area contributed by atoms with Gasteiger partial charge < -0.3 is 15.7 Å². The maximum atomic E-state index is 11.8. The molecule has 1 aromatic rings. The lowest BCUT2D eigenvalue weighted by Gasteiger charge is -2.25. The van der Waals surface area contributed by atoms with Crippen molar-refractivity contribution in [3.05, 3.63) is 22.4 Å². The molecule has 3 N–H and O–H groups in total. The van der Waals surface area contributed by atoms with E-state index >= 15 is 0 Å². The molecule has 7 heteroatoms. The molecular weight excluding hydrogens is 304 g/mol. The molecule has 22 heavy (non-hydrogen) atoms. The fraction of sp³-hybridized carbons (Fsp3) is 0.533. The molecule has 0 radical (unpaired) electrons. The van der Waals surface area contributed by atoms with Crippen LogP contribution >= 0.6 is 11.3 Å². The number of aliphatic carboxylic acids is 1. The third kappa shape index (κ3) is 5.48. The Balaban J connectivity index is 2.31. The van der Waals surface area contributed by atoms with Crippen molar-refractivity contribution < 1.29 is 19.5 Å². The quantitative estimate of drug-likeness (QED) is 0.605. The number of hydrogen-bond donors (Lipinski definition) is 3. The first kappa shape index (κ1) is 18.2. The molecule has 1 rings (SSSR count). The van der Waals surface area contributed by atoms with E-state index in [2.05, 4.69) is 10.6 Å². The summed E-state index contributed by atoms with van der Waals surface area (Å²) in [4.78, 5) is 34.7. The Morgan fingerprint density at radius 1 is 1.36 bits per heavy atom. The van der Waals surface area contributed by atoms with Gasteiger partial charge in [0, 0.05) is 23.9 Å². The molecule has 1 aromatic heterocycles. The molecule has 0 aliphatic rings. The van der Waals surface area contributed by atoms with Crippen molar-refractivity contribution in [3.8, 4) is 0 Å². The van der Waals surface area contributed by atoms with Crippen molar-refractivity contribution in [2.45, 2.75) is 45.1 Å². The van der Waals surface area contributed by atoms with Crippen LogP contribution in [0.1, 0.15) is 49.9 Å². The first-order valence-corrected chi connectivity index (χ1v) is 8.18. The Hall–Kier alpha value is -1.89. The number of carboxylic acid groups (broad SMARTS) is 1. The van der Waals surface area contributed by atoms with Gasteiger partial charge in [-0.2, -0.15) is 11.3 Å². The zero-order valence-electron chi connectivity index (χ0n) is 12.8. The molecule has 0 aromatic carbocycles. The van der Waals surface area contributed by atoms with Crippen LogP contribution in [0.15, 0.2) is 16.8 Å². The minimum atomic E-state index is -1.23. The highest BCUT2D eigenvalue weighted by atomic mass is 32.1. The average molecular weight is 326 g/mol. The highest BCUT2D eigenvalue weighted by Gasteiger charge is 2.33. The van der Waals surface area contributed by atoms with Crippen LogP contribution in [0.2, 0.25) is 0 Å². The van der Waals surface area contributed by atoms with Crippen LogP contribution in [0, 0.1) is 0 Å². The Labute approximate surface area is 133 Å². The molecule has 0 bridgehead atoms. The van der Waals surface area contributed by atoms with E-state index < -0.39 is 11.5 Å². The number of carbonyl (C=O) groups is 3. The smallest absolute Gasteiger partial charge is 0.329 e. The summed E-state index contributed by atoms with van der Waals surface area (Å²) in [5.41, 5.74) is -0.623. The monoisotopic (exact) mass is 326 g/mol. The molecule has 0 aliphatic heterocycles. The summed E-state index contributed by atoms with van der Waals surface area (Å²) in [5, 5.41) is 18.1. The number of carboxylic acids is 1. The Kier molecular flexibility index (Phi) is 7.04. The topological polar surface area (TPSA) is 95.5 Å². The van der Waals surface area contributed by atoms with Crippen LogP contribution in [-0.4, -0.2) is 35.0 Å². The first-order chi connectivity index (χ1) is 10.4. The molecule has 1 unspecified atom stereocenters. The highest BCUT2D eigenvalue weighted by Crippen LogP contribution is 2.13. The maximum absolute atomic E-state index is 11.8. The van der Waals surface area contributed by atoms with Crippen LogP contribution in [0.5, 0.6) is 0 Å². The average Bonchev–Trinajstić information content (AvgIpc) is 2.97. The second-order valence-corrected chi connectivity index (χ2v) is 6.09. The summed E-state index contributed by atoms with van der Waals surface area (Å²) >= 11 is 1.45. The molecule has 0 spiro atoms. The van der Waals surface area contributed by atoms with Gasteiger partial charge in [0.2, 0.25) is 5.91 Å². The Morgan fingerprint density at radius 2 is 2.09 bits per heavy atom. The standard InChI is InChI=1S/C15H22N2O4S/c1-3-7-15(2,14(20)21)17-12(18)5-4-8-16-13(19)11-6-9-22-10-11/h6,9-10H,3-5,7-8H2,1-2H3,(H,16,19)(H,17,18)(H,20,21). The van der Waals surface area contributed by atoms with Gasteiger partial charge in [-0.25, -0.2) is 4.79 Å². The number of nitrogens with one attached hydrogen (secondary N) is 2. The fourth-order valence-corrected chi connectivity index (χ4v) is 2.68. The van der Waals surface area contributed by atoms with Gasteiger partial charge in [0.15, 0.2) is 0 Å². The predicted molar refractivity (Wildman–Crippen MR) is 85.0 cm³/mol. The molecule has 1 atom stereocenters. The largest absolute Gasteiger partial charge is 0.480 e. The minimum Gasteiger partial charge on any atom is -0.480 e. The number of carbonyl (C=O) groups excluding carboxylic acids is 2. The lowest BCUT2D eigenvalue weighted by molar-refractivity contribution is -0.147. The van der Waals surface area contributed by atoms with Gasteiger partial charge >= 0.3 is 5.97 Å². The summed E-state index contributed by atoms with van der Waals surface area (Å²) < 4.78 is 0. The summed E-state index contributed by atoms with van der Waals surface area (Å²) in [6.07, 6.45) is 1.68. The van der Waals surface area contributed by atoms with Gasteiger partial charge in [0.1, 0.15) is 5.54 Å². The molecule has 0 saturated carbocycles. The molecule has 1 heterocycles. The lowest BCUT2D eigenvalue weighted by Crippen LogP contribution is -2.52. The first-order valence-electron chi connectivity index (χ1n) is 7.24. The van der Waals surface area contributed by atoms with Crippen LogP contribution in [-0.2, 0) is 9.59 Å². The number of amides is 2. The van der Waals surface area contributed by atoms with E-state index in [-0.39, 0.29) is 18.2 Å². The highest BCUT2D eigenvalue weighted by molar-refractivity contribution is 7.08. The Bertz CT molecular complexity index is 516. The van der Waals surface area contributed by atoms with Crippen LogP contribution in [0.4, 0.5) is 0 Å². The minimum absolute atomic E-state index is 0.164. The van der Waals surface area contributed by atoms with E-state index in [0.29, 0.717) is 31.4 Å². The lowest BCUT2D eigenvalue weighted by atomic mass is 9.96. The van der Waals surface area contributed by atoms with Crippen molar-refractivity contribution in [2.24, 2.45) is 0 Å². The third-order valence-electron chi connectivity index (χ3n) is 3.29. The normalized spacial score (nSPS) is 13.2. The van der Waals surface area contributed by atoms with Gasteiger partial charge in [-0.05, 0) is 31.2 Å². The van der Waals surface area contributed by atoms with Gasteiger partial charge in [0.05, 0.1) is 0 Å². The van der Waals surface area contributed by atoms with Crippen LogP contribution in [0.25, 0.3) is 0 Å². The maximum Gasteiger partial charge on any atom is 0.329 e. The predicted octanol–water partition coefficient (Wildman–Crippen LogP) is 2.02. The zero-order valence-corrected chi connectivity index (χ0v) is 13.7. The molecule has 2 amide bonds. The number of thiophene rings is 1. The zero-order chi connectivity index (χ0) is 16.6. The van der Waals surface area contributed by atoms with Gasteiger partial charge in [-0.15, -0.1) is 0 Å². The van der Waals surface area contributed by atoms with Crippen molar-refractivity contribution >= 4 is 29.1 Å². The second-order valence-electron chi connectivity index (χ2n) is 5.31. The molecule has 122 valence electrons. The summed E-state index contributed by atoms with van der Waals surface area (Å²) in [7, 11) is 0. The van der Waals surface area contributed by atoms with E-state index in [1.54, 1.807) is 11.4 Å². The molecular formula is C15H22N2O4S. The van der Waals surface area contributed by atoms with Gasteiger partial charge in [-0.3, -0.25) is 9.59 Å². The van der Waals surface area contributed by atoms with Gasteiger partial charge in [0.25, 0.3) is 5.91 Å². The van der Waals surface area contributed by atoms with Gasteiger partial charge in [-0.1, -0.05) is 13.3 Å². The van der Waals surface area contributed by atoms with Crippen LogP contribution < -0.4 is 10.6 Å². The fourth-order valence-electron chi connectivity index (χ4n) is 2.04. The second kappa shape index (κ2) is 8.53. The van der Waals surface area contributed by atoms with Crippen molar-refractivity contribution in [1.29, 1.82) is 0 Å². The Morgan fingerprint density at radius 3 is 2.64 bits per heavy atom. The van der Waals surface area contributed by atoms with Crippen molar-refractivity contribution in [3.63, 3.8) is 0 Å². The summed E-state index contributed by atoms with van der Waals surface area (Å²) in [5.74, 6) is -1.51. The van der Waals surface area contributed by atoms with E-state index in [9.17, 15) is 19.5 Å². The molecule has 0 saturated heterocycles.